The van der Waals surface area contributed by atoms with Crippen LogP contribution in [0.4, 0.5) is 0 Å². The van der Waals surface area contributed by atoms with Gasteiger partial charge in [-0.25, -0.2) is 0 Å². The first-order valence-electron chi connectivity index (χ1n) is 9.50. The molecule has 0 spiro atoms. The van der Waals surface area contributed by atoms with Gasteiger partial charge in [0.05, 0.1) is 0 Å². The summed E-state index contributed by atoms with van der Waals surface area (Å²) in [4.78, 5) is 30.1. The topological polar surface area (TPSA) is 92.1 Å². The largest absolute Gasteiger partial charge is 0.423 e. The molecule has 0 saturated heterocycles. The van der Waals surface area contributed by atoms with Gasteiger partial charge in [0.15, 0.2) is 0 Å². The molecule has 2 aromatic heterocycles. The van der Waals surface area contributed by atoms with E-state index in [-0.39, 0.29) is 17.5 Å². The second-order valence-corrected chi connectivity index (χ2v) is 7.54. The summed E-state index contributed by atoms with van der Waals surface area (Å²) < 4.78 is 5.67. The molecule has 0 radical (unpaired) electrons. The Balaban J connectivity index is 1.55. The zero-order chi connectivity index (χ0) is 19.3. The lowest BCUT2D eigenvalue weighted by molar-refractivity contribution is 0.0602. The Bertz CT molecular complexity index is 1110. The minimum absolute atomic E-state index is 0.191. The van der Waals surface area contributed by atoms with Gasteiger partial charge in [0.25, 0.3) is 5.91 Å². The first kappa shape index (κ1) is 16.9. The van der Waals surface area contributed by atoms with E-state index in [1.54, 1.807) is 11.8 Å². The molecule has 2 aliphatic rings. The van der Waals surface area contributed by atoms with Crippen LogP contribution in [-0.4, -0.2) is 26.0 Å². The predicted molar refractivity (Wildman–Crippen MR) is 101 cm³/mol. The van der Waals surface area contributed by atoms with Crippen molar-refractivity contribution in [2.24, 2.45) is 0 Å². The number of hydrogen-bond donors (Lipinski definition) is 1. The van der Waals surface area contributed by atoms with Crippen molar-refractivity contribution in [2.45, 2.75) is 44.7 Å². The van der Waals surface area contributed by atoms with Crippen LogP contribution in [0.3, 0.4) is 0 Å². The Hall–Kier alpha value is -3.22. The normalized spacial score (nSPS) is 18.8. The molecule has 7 heteroatoms. The van der Waals surface area contributed by atoms with Crippen molar-refractivity contribution in [3.63, 3.8) is 0 Å². The lowest BCUT2D eigenvalue weighted by atomic mass is 9.93. The molecule has 28 heavy (non-hydrogen) atoms. The van der Waals surface area contributed by atoms with Gasteiger partial charge in [0.2, 0.25) is 17.3 Å². The van der Waals surface area contributed by atoms with Crippen LogP contribution in [0.5, 0.6) is 0 Å². The lowest BCUT2D eigenvalue weighted by Gasteiger charge is -2.35. The standard InChI is InChI=1S/C21H20N4O3/c1-12-23-24-20(28-12)18-9-14-4-2-3-5-15(14)11-25(18)21(27)16-8-17(13-6-7-13)22-19(26)10-16/h2-5,8,10,13,18H,6-7,9,11H2,1H3,(H,22,26). The Morgan fingerprint density at radius 2 is 1.96 bits per heavy atom. The zero-order valence-electron chi connectivity index (χ0n) is 15.5. The van der Waals surface area contributed by atoms with E-state index in [9.17, 15) is 9.59 Å². The molecule has 1 amide bonds. The van der Waals surface area contributed by atoms with Crippen LogP contribution < -0.4 is 5.56 Å². The fourth-order valence-electron chi connectivity index (χ4n) is 3.87. The van der Waals surface area contributed by atoms with E-state index in [1.165, 1.54) is 6.07 Å². The van der Waals surface area contributed by atoms with Gasteiger partial charge < -0.3 is 14.3 Å². The van der Waals surface area contributed by atoms with E-state index in [1.807, 2.05) is 24.3 Å². The van der Waals surface area contributed by atoms with Crippen LogP contribution in [0.1, 0.15) is 63.8 Å². The third-order valence-corrected chi connectivity index (χ3v) is 5.47. The minimum atomic E-state index is -0.354. The molecule has 1 N–H and O–H groups in total. The van der Waals surface area contributed by atoms with Gasteiger partial charge in [-0.3, -0.25) is 9.59 Å². The summed E-state index contributed by atoms with van der Waals surface area (Å²) in [5.41, 5.74) is 3.27. The summed E-state index contributed by atoms with van der Waals surface area (Å²) >= 11 is 0. The number of aromatic amines is 1. The summed E-state index contributed by atoms with van der Waals surface area (Å²) in [6, 6.07) is 10.9. The number of nitrogens with zero attached hydrogens (tertiary/aromatic N) is 3. The van der Waals surface area contributed by atoms with Crippen LogP contribution in [0, 0.1) is 6.92 Å². The smallest absolute Gasteiger partial charge is 0.255 e. The van der Waals surface area contributed by atoms with Gasteiger partial charge >= 0.3 is 0 Å². The SMILES string of the molecule is Cc1nnc(C2Cc3ccccc3CN2C(=O)c2cc(C3CC3)[nH]c(=O)c2)o1. The highest BCUT2D eigenvalue weighted by atomic mass is 16.4. The summed E-state index contributed by atoms with van der Waals surface area (Å²) in [6.45, 7) is 2.17. The van der Waals surface area contributed by atoms with E-state index >= 15 is 0 Å². The minimum Gasteiger partial charge on any atom is -0.423 e. The number of carbonyl (C=O) groups excluding carboxylic acids is 1. The predicted octanol–water partition coefficient (Wildman–Crippen LogP) is 2.88. The molecule has 1 saturated carbocycles. The van der Waals surface area contributed by atoms with E-state index in [0.29, 0.717) is 36.2 Å². The fourth-order valence-corrected chi connectivity index (χ4v) is 3.87. The Morgan fingerprint density at radius 1 is 1.18 bits per heavy atom. The van der Waals surface area contributed by atoms with Crippen molar-refractivity contribution < 1.29 is 9.21 Å². The number of carbonyl (C=O) groups is 1. The van der Waals surface area contributed by atoms with Gasteiger partial charge in [-0.15, -0.1) is 10.2 Å². The number of benzene rings is 1. The lowest BCUT2D eigenvalue weighted by Crippen LogP contribution is -2.39. The highest BCUT2D eigenvalue weighted by Crippen LogP contribution is 2.39. The molecule has 142 valence electrons. The van der Waals surface area contributed by atoms with Crippen molar-refractivity contribution in [3.05, 3.63) is 80.9 Å². The first-order chi connectivity index (χ1) is 13.6. The van der Waals surface area contributed by atoms with Gasteiger partial charge in [0.1, 0.15) is 6.04 Å². The van der Waals surface area contributed by atoms with Crippen LogP contribution >= 0.6 is 0 Å². The number of pyridine rings is 1. The van der Waals surface area contributed by atoms with Crippen molar-refractivity contribution in [1.29, 1.82) is 0 Å². The Morgan fingerprint density at radius 3 is 2.68 bits per heavy atom. The fraction of sp³-hybridized carbons (Fsp3) is 0.333. The van der Waals surface area contributed by atoms with Crippen LogP contribution in [0.25, 0.3) is 0 Å². The molecule has 1 atom stereocenters. The van der Waals surface area contributed by atoms with Gasteiger partial charge in [-0.05, 0) is 36.0 Å². The van der Waals surface area contributed by atoms with Crippen molar-refractivity contribution in [2.75, 3.05) is 0 Å². The molecule has 7 nitrogen and oxygen atoms in total. The zero-order valence-corrected chi connectivity index (χ0v) is 15.5. The molecule has 3 heterocycles. The average Bonchev–Trinajstić information content (AvgIpc) is 3.47. The molecule has 3 aromatic rings. The van der Waals surface area contributed by atoms with E-state index in [0.717, 1.165) is 29.7 Å². The Labute approximate surface area is 161 Å². The number of rotatable bonds is 3. The molecule has 1 aliphatic carbocycles. The number of aryl methyl sites for hydroxylation is 1. The number of aromatic nitrogens is 3. The maximum absolute atomic E-state index is 13.4. The first-order valence-corrected chi connectivity index (χ1v) is 9.50. The molecule has 1 fully saturated rings. The molecule has 1 aliphatic heterocycles. The van der Waals surface area contributed by atoms with E-state index < -0.39 is 0 Å². The van der Waals surface area contributed by atoms with Crippen LogP contribution in [0.15, 0.2) is 45.6 Å². The average molecular weight is 376 g/mol. The van der Waals surface area contributed by atoms with Gasteiger partial charge in [-0.1, -0.05) is 24.3 Å². The summed E-state index contributed by atoms with van der Waals surface area (Å²) in [5, 5.41) is 8.10. The molecule has 0 bridgehead atoms. The third-order valence-electron chi connectivity index (χ3n) is 5.47. The molecular weight excluding hydrogens is 356 g/mol. The second-order valence-electron chi connectivity index (χ2n) is 7.54. The summed E-state index contributed by atoms with van der Waals surface area (Å²) in [7, 11) is 0. The number of H-pyrrole nitrogens is 1. The third kappa shape index (κ3) is 3.02. The Kier molecular flexibility index (Phi) is 3.89. The quantitative estimate of drug-likeness (QED) is 0.759. The van der Waals surface area contributed by atoms with Gasteiger partial charge in [0, 0.05) is 37.2 Å². The van der Waals surface area contributed by atoms with Crippen molar-refractivity contribution in [1.82, 2.24) is 20.1 Å². The van der Waals surface area contributed by atoms with Crippen molar-refractivity contribution in [3.8, 4) is 0 Å². The summed E-state index contributed by atoms with van der Waals surface area (Å²) in [6.07, 6.45) is 2.70. The maximum atomic E-state index is 13.4. The van der Waals surface area contributed by atoms with Crippen molar-refractivity contribution >= 4 is 5.91 Å². The summed E-state index contributed by atoms with van der Waals surface area (Å²) in [5.74, 6) is 1.06. The molecule has 5 rings (SSSR count). The monoisotopic (exact) mass is 376 g/mol. The maximum Gasteiger partial charge on any atom is 0.255 e. The highest BCUT2D eigenvalue weighted by molar-refractivity contribution is 5.94. The van der Waals surface area contributed by atoms with Crippen LogP contribution in [-0.2, 0) is 13.0 Å². The number of nitrogens with one attached hydrogen (secondary N) is 1. The molecule has 1 unspecified atom stereocenters. The van der Waals surface area contributed by atoms with Gasteiger partial charge in [-0.2, -0.15) is 0 Å². The molecule has 1 aromatic carbocycles. The molecular formula is C21H20N4O3. The number of hydrogen-bond acceptors (Lipinski definition) is 5. The number of fused-ring (bicyclic) bond motifs is 1. The number of amides is 1. The van der Waals surface area contributed by atoms with E-state index in [2.05, 4.69) is 21.2 Å². The van der Waals surface area contributed by atoms with E-state index in [4.69, 9.17) is 4.42 Å². The van der Waals surface area contributed by atoms with Crippen LogP contribution in [0.2, 0.25) is 0 Å². The highest BCUT2D eigenvalue weighted by Gasteiger charge is 2.35. The second kappa shape index (κ2) is 6.44.